The van der Waals surface area contributed by atoms with Crippen molar-refractivity contribution in [3.63, 3.8) is 0 Å². The van der Waals surface area contributed by atoms with Crippen LogP contribution in [0.15, 0.2) is 0 Å². The molecule has 0 aromatic rings. The second kappa shape index (κ2) is 8.75. The van der Waals surface area contributed by atoms with E-state index in [1.165, 1.54) is 0 Å². The van der Waals surface area contributed by atoms with Gasteiger partial charge in [-0.25, -0.2) is 0 Å². The Balaban J connectivity index is 0.00000288. The zero-order valence-corrected chi connectivity index (χ0v) is 12.5. The fourth-order valence-electron chi connectivity index (χ4n) is 2.57. The van der Waals surface area contributed by atoms with Crippen LogP contribution in [0, 0.1) is 0 Å². The number of hydrogen-bond donors (Lipinski definition) is 8. The van der Waals surface area contributed by atoms with E-state index in [0.717, 1.165) is 0 Å². The van der Waals surface area contributed by atoms with Gasteiger partial charge in [0.05, 0.1) is 13.2 Å². The first-order valence-electron chi connectivity index (χ1n) is 7.08. The Kier molecular flexibility index (Phi) is 7.86. The van der Waals surface area contributed by atoms with Gasteiger partial charge in [0, 0.05) is 0 Å². The van der Waals surface area contributed by atoms with E-state index >= 15 is 0 Å². The highest BCUT2D eigenvalue weighted by Crippen LogP contribution is 2.28. The summed E-state index contributed by atoms with van der Waals surface area (Å²) in [5.74, 6) is 0. The third-order valence-corrected chi connectivity index (χ3v) is 3.98. The predicted octanol–water partition coefficient (Wildman–Crippen LogP) is -6.22. The third-order valence-electron chi connectivity index (χ3n) is 3.98. The molecule has 2 heterocycles. The minimum absolute atomic E-state index is 0. The molecule has 0 amide bonds. The van der Waals surface area contributed by atoms with Crippen molar-refractivity contribution in [1.29, 1.82) is 0 Å². The van der Waals surface area contributed by atoms with E-state index < -0.39 is 74.6 Å². The van der Waals surface area contributed by atoms with Gasteiger partial charge in [-0.1, -0.05) is 0 Å². The van der Waals surface area contributed by atoms with E-state index in [4.69, 9.17) is 19.3 Å². The van der Waals surface area contributed by atoms with Crippen LogP contribution in [0.1, 0.15) is 0 Å². The molecule has 0 aromatic heterocycles. The number of aliphatic hydroxyl groups is 8. The van der Waals surface area contributed by atoms with Gasteiger partial charge in [0.15, 0.2) is 12.6 Å². The Morgan fingerprint density at radius 3 is 1.79 bits per heavy atom. The lowest BCUT2D eigenvalue weighted by Gasteiger charge is -2.45. The molecule has 10 N–H and O–H groups in total. The molecule has 0 bridgehead atoms. The highest BCUT2D eigenvalue weighted by molar-refractivity contribution is 4.93. The van der Waals surface area contributed by atoms with Gasteiger partial charge < -0.3 is 60.5 Å². The van der Waals surface area contributed by atoms with Gasteiger partial charge in [-0.3, -0.25) is 0 Å². The smallest absolute Gasteiger partial charge is 0.187 e. The largest absolute Gasteiger partial charge is 0.412 e. The summed E-state index contributed by atoms with van der Waals surface area (Å²) in [4.78, 5) is 0. The Labute approximate surface area is 136 Å². The lowest BCUT2D eigenvalue weighted by molar-refractivity contribution is -0.355. The number of hydrogen-bond acceptors (Lipinski definition) is 11. The van der Waals surface area contributed by atoms with Gasteiger partial charge in [0.1, 0.15) is 48.8 Å². The molecule has 12 nitrogen and oxygen atoms in total. The molecule has 10 atom stereocenters. The average molecular weight is 360 g/mol. The molecule has 0 spiro atoms. The summed E-state index contributed by atoms with van der Waals surface area (Å²) >= 11 is 0. The molecular weight excluding hydrogens is 336 g/mol. The minimum atomic E-state index is -1.74. The summed E-state index contributed by atoms with van der Waals surface area (Å²) < 4.78 is 15.3. The van der Waals surface area contributed by atoms with Crippen LogP contribution < -0.4 is 0 Å². The van der Waals surface area contributed by atoms with Crippen molar-refractivity contribution in [1.82, 2.24) is 0 Å². The van der Waals surface area contributed by atoms with Crippen molar-refractivity contribution >= 4 is 0 Å². The molecule has 2 fully saturated rings. The number of ether oxygens (including phenoxy) is 3. The van der Waals surface area contributed by atoms with Crippen molar-refractivity contribution in [2.45, 2.75) is 61.4 Å². The molecule has 0 aliphatic carbocycles. The van der Waals surface area contributed by atoms with Crippen molar-refractivity contribution in [3.8, 4) is 0 Å². The predicted molar refractivity (Wildman–Crippen MR) is 72.2 cm³/mol. The molecule has 2 aliphatic rings. The number of rotatable bonds is 4. The molecule has 0 saturated carbocycles. The van der Waals surface area contributed by atoms with E-state index in [2.05, 4.69) is 0 Å². The lowest BCUT2D eigenvalue weighted by atomic mass is 9.97. The SMILES string of the molecule is O.OCC1O[C@H](O[C@@H]2C(CO)O[C@H](O)C(O)C2O)C(O)C(O)[C@@H]1O. The minimum Gasteiger partial charge on any atom is -0.412 e. The average Bonchev–Trinajstić information content (AvgIpc) is 2.55. The van der Waals surface area contributed by atoms with Gasteiger partial charge >= 0.3 is 0 Å². The van der Waals surface area contributed by atoms with Gasteiger partial charge in [0.25, 0.3) is 0 Å². The molecule has 24 heavy (non-hydrogen) atoms. The summed E-state index contributed by atoms with van der Waals surface area (Å²) in [6.45, 7) is -1.35. The van der Waals surface area contributed by atoms with E-state index in [1.54, 1.807) is 0 Å². The standard InChI is InChI=1S/C12H22O11.H2O/c13-1-3-5(15)6(16)9(19)12(22-3)23-10-4(2-14)21-11(20)8(18)7(10)17;/h3-20H,1-2H2;1H2/t3?,4?,5-,6?,7?,8?,9?,10-,11+,12-;/m1./s1. The van der Waals surface area contributed by atoms with E-state index in [9.17, 15) is 35.7 Å². The zero-order valence-electron chi connectivity index (χ0n) is 12.5. The first kappa shape index (κ1) is 21.6. The molecule has 144 valence electrons. The van der Waals surface area contributed by atoms with Gasteiger partial charge in [-0.15, -0.1) is 0 Å². The molecule has 12 heteroatoms. The molecule has 2 rings (SSSR count). The fourth-order valence-corrected chi connectivity index (χ4v) is 2.57. The van der Waals surface area contributed by atoms with E-state index in [1.807, 2.05) is 0 Å². The highest BCUT2D eigenvalue weighted by atomic mass is 16.7. The Morgan fingerprint density at radius 1 is 0.667 bits per heavy atom. The van der Waals surface area contributed by atoms with Crippen molar-refractivity contribution < 1.29 is 60.5 Å². The zero-order chi connectivity index (χ0) is 17.3. The molecule has 0 aromatic carbocycles. The van der Waals surface area contributed by atoms with Crippen molar-refractivity contribution in [3.05, 3.63) is 0 Å². The summed E-state index contributed by atoms with van der Waals surface area (Å²) in [6, 6.07) is 0. The van der Waals surface area contributed by atoms with Crippen LogP contribution in [0.2, 0.25) is 0 Å². The van der Waals surface area contributed by atoms with Gasteiger partial charge in [0.2, 0.25) is 0 Å². The van der Waals surface area contributed by atoms with Crippen LogP contribution in [0.25, 0.3) is 0 Å². The second-order valence-corrected chi connectivity index (χ2v) is 5.53. The first-order valence-corrected chi connectivity index (χ1v) is 7.08. The van der Waals surface area contributed by atoms with Crippen LogP contribution in [-0.4, -0.2) is 121 Å². The summed E-state index contributed by atoms with van der Waals surface area (Å²) in [5.41, 5.74) is 0. The molecular formula is C12H24O12. The van der Waals surface area contributed by atoms with Crippen LogP contribution >= 0.6 is 0 Å². The van der Waals surface area contributed by atoms with E-state index in [0.29, 0.717) is 0 Å². The molecule has 0 radical (unpaired) electrons. The third kappa shape index (κ3) is 4.01. The first-order chi connectivity index (χ1) is 10.8. The second-order valence-electron chi connectivity index (χ2n) is 5.53. The monoisotopic (exact) mass is 360 g/mol. The summed E-state index contributed by atoms with van der Waals surface area (Å²) in [6.07, 6.45) is -15.6. The fraction of sp³-hybridized carbons (Fsp3) is 1.00. The summed E-state index contributed by atoms with van der Waals surface area (Å²) in [7, 11) is 0. The molecule has 2 saturated heterocycles. The Hall–Kier alpha value is -0.480. The van der Waals surface area contributed by atoms with Gasteiger partial charge in [-0.2, -0.15) is 0 Å². The Morgan fingerprint density at radius 2 is 1.25 bits per heavy atom. The van der Waals surface area contributed by atoms with Crippen molar-refractivity contribution in [2.24, 2.45) is 0 Å². The topological polar surface area (TPSA) is 221 Å². The quantitative estimate of drug-likeness (QED) is 0.235. The maximum atomic E-state index is 9.94. The summed E-state index contributed by atoms with van der Waals surface area (Å²) in [5, 5.41) is 76.5. The molecule has 6 unspecified atom stereocenters. The Bertz CT molecular complexity index is 379. The van der Waals surface area contributed by atoms with Crippen LogP contribution in [-0.2, 0) is 14.2 Å². The normalized spacial score (nSPS) is 49.5. The lowest BCUT2D eigenvalue weighted by Crippen LogP contribution is -2.64. The van der Waals surface area contributed by atoms with Gasteiger partial charge in [-0.05, 0) is 0 Å². The highest BCUT2D eigenvalue weighted by Gasteiger charge is 2.50. The van der Waals surface area contributed by atoms with Crippen LogP contribution in [0.3, 0.4) is 0 Å². The van der Waals surface area contributed by atoms with Crippen LogP contribution in [0.4, 0.5) is 0 Å². The van der Waals surface area contributed by atoms with Crippen LogP contribution in [0.5, 0.6) is 0 Å². The van der Waals surface area contributed by atoms with E-state index in [-0.39, 0.29) is 5.48 Å². The van der Waals surface area contributed by atoms with Crippen molar-refractivity contribution in [2.75, 3.05) is 13.2 Å². The maximum absolute atomic E-state index is 9.94. The molecule has 2 aliphatic heterocycles. The number of aliphatic hydroxyl groups excluding tert-OH is 8. The maximum Gasteiger partial charge on any atom is 0.187 e.